The summed E-state index contributed by atoms with van der Waals surface area (Å²) in [7, 11) is 1.94. The van der Waals surface area contributed by atoms with E-state index < -0.39 is 0 Å². The molecule has 1 atom stereocenters. The molecule has 1 aliphatic heterocycles. The van der Waals surface area contributed by atoms with Crippen LogP contribution in [-0.2, 0) is 7.05 Å². The summed E-state index contributed by atoms with van der Waals surface area (Å²) in [4.78, 5) is 18.8. The van der Waals surface area contributed by atoms with E-state index in [9.17, 15) is 4.79 Å². The Labute approximate surface area is 176 Å². The van der Waals surface area contributed by atoms with Gasteiger partial charge in [0.15, 0.2) is 11.7 Å². The Morgan fingerprint density at radius 3 is 2.96 bits per heavy atom. The van der Waals surface area contributed by atoms with Crippen LogP contribution in [-0.4, -0.2) is 59.3 Å². The molecular weight excluding hydrogens is 459 g/mol. The maximum absolute atomic E-state index is 11.8. The Morgan fingerprint density at radius 1 is 1.44 bits per heavy atom. The molecule has 0 spiro atoms. The standard InChI is InChI=1S/C18H26N6O2.HI/c1-3-19-18(21-8-7-20-17(25)16-5-4-10-26-16)24-9-6-14(13-24)15-11-22-23(2)12-15;/h4-5,10-12,14H,3,6-9,13H2,1-2H3,(H,19,21)(H,20,25);1H. The zero-order valence-corrected chi connectivity index (χ0v) is 18.1. The van der Waals surface area contributed by atoms with Gasteiger partial charge in [0.25, 0.3) is 5.91 Å². The fourth-order valence-corrected chi connectivity index (χ4v) is 3.13. The number of likely N-dealkylation sites (tertiary alicyclic amines) is 1. The lowest BCUT2D eigenvalue weighted by Crippen LogP contribution is -2.40. The highest BCUT2D eigenvalue weighted by Gasteiger charge is 2.26. The maximum atomic E-state index is 11.8. The van der Waals surface area contributed by atoms with Gasteiger partial charge < -0.3 is 20.0 Å². The van der Waals surface area contributed by atoms with Crippen molar-refractivity contribution in [3.05, 3.63) is 42.1 Å². The van der Waals surface area contributed by atoms with Crippen LogP contribution in [0.1, 0.15) is 35.4 Å². The van der Waals surface area contributed by atoms with E-state index >= 15 is 0 Å². The van der Waals surface area contributed by atoms with E-state index in [0.29, 0.717) is 24.8 Å². The molecule has 3 rings (SSSR count). The van der Waals surface area contributed by atoms with Crippen molar-refractivity contribution >= 4 is 35.8 Å². The van der Waals surface area contributed by atoms with E-state index in [1.807, 2.05) is 17.9 Å². The van der Waals surface area contributed by atoms with Crippen molar-refractivity contribution in [2.24, 2.45) is 12.0 Å². The van der Waals surface area contributed by atoms with Gasteiger partial charge >= 0.3 is 0 Å². The Kier molecular flexibility index (Phi) is 8.14. The van der Waals surface area contributed by atoms with E-state index in [1.54, 1.807) is 12.1 Å². The number of carbonyl (C=O) groups is 1. The van der Waals surface area contributed by atoms with E-state index in [0.717, 1.165) is 32.0 Å². The first-order chi connectivity index (χ1) is 12.7. The lowest BCUT2D eigenvalue weighted by molar-refractivity contribution is 0.0927. The number of nitrogens with one attached hydrogen (secondary N) is 2. The van der Waals surface area contributed by atoms with Gasteiger partial charge in [0, 0.05) is 45.3 Å². The largest absolute Gasteiger partial charge is 0.459 e. The third-order valence-corrected chi connectivity index (χ3v) is 4.42. The molecular formula is C18H27IN6O2. The fourth-order valence-electron chi connectivity index (χ4n) is 3.13. The van der Waals surface area contributed by atoms with Crippen LogP contribution in [0.5, 0.6) is 0 Å². The summed E-state index contributed by atoms with van der Waals surface area (Å²) in [5, 5.41) is 10.4. The second-order valence-corrected chi connectivity index (χ2v) is 6.35. The molecule has 1 fully saturated rings. The van der Waals surface area contributed by atoms with Crippen molar-refractivity contribution in [2.45, 2.75) is 19.3 Å². The average molecular weight is 486 g/mol. The maximum Gasteiger partial charge on any atom is 0.287 e. The SMILES string of the molecule is CCNC(=NCCNC(=O)c1ccco1)N1CCC(c2cnn(C)c2)C1.I. The van der Waals surface area contributed by atoms with Crippen LogP contribution in [0.3, 0.4) is 0 Å². The van der Waals surface area contributed by atoms with Gasteiger partial charge in [-0.2, -0.15) is 5.10 Å². The molecule has 0 bridgehead atoms. The molecule has 0 aliphatic carbocycles. The summed E-state index contributed by atoms with van der Waals surface area (Å²) in [5.74, 6) is 1.48. The van der Waals surface area contributed by atoms with Crippen LogP contribution in [0, 0.1) is 0 Å². The number of aromatic nitrogens is 2. The number of aryl methyl sites for hydroxylation is 1. The number of nitrogens with zero attached hydrogens (tertiary/aromatic N) is 4. The van der Waals surface area contributed by atoms with Crippen molar-refractivity contribution in [1.82, 2.24) is 25.3 Å². The van der Waals surface area contributed by atoms with Gasteiger partial charge in [-0.25, -0.2) is 0 Å². The fraction of sp³-hybridized carbons (Fsp3) is 0.500. The first-order valence-corrected chi connectivity index (χ1v) is 9.01. The van der Waals surface area contributed by atoms with Crippen LogP contribution in [0.15, 0.2) is 40.2 Å². The Hall–Kier alpha value is -2.04. The van der Waals surface area contributed by atoms with Crippen molar-refractivity contribution in [1.29, 1.82) is 0 Å². The van der Waals surface area contributed by atoms with Gasteiger partial charge in [-0.3, -0.25) is 14.5 Å². The molecule has 27 heavy (non-hydrogen) atoms. The van der Waals surface area contributed by atoms with Crippen LogP contribution < -0.4 is 10.6 Å². The molecule has 8 nitrogen and oxygen atoms in total. The number of guanidine groups is 1. The molecule has 3 heterocycles. The monoisotopic (exact) mass is 486 g/mol. The topological polar surface area (TPSA) is 87.7 Å². The van der Waals surface area contributed by atoms with Gasteiger partial charge in [0.2, 0.25) is 0 Å². The third-order valence-electron chi connectivity index (χ3n) is 4.42. The van der Waals surface area contributed by atoms with Crippen molar-refractivity contribution in [3.63, 3.8) is 0 Å². The van der Waals surface area contributed by atoms with E-state index in [2.05, 4.69) is 38.7 Å². The van der Waals surface area contributed by atoms with Crippen LogP contribution in [0.25, 0.3) is 0 Å². The molecule has 0 radical (unpaired) electrons. The molecule has 9 heteroatoms. The van der Waals surface area contributed by atoms with Crippen LogP contribution in [0.4, 0.5) is 0 Å². The predicted octanol–water partition coefficient (Wildman–Crippen LogP) is 1.82. The highest BCUT2D eigenvalue weighted by Crippen LogP contribution is 2.26. The molecule has 1 amide bonds. The van der Waals surface area contributed by atoms with E-state index in [4.69, 9.17) is 4.42 Å². The minimum absolute atomic E-state index is 0. The predicted molar refractivity (Wildman–Crippen MR) is 115 cm³/mol. The molecule has 148 valence electrons. The number of amides is 1. The summed E-state index contributed by atoms with van der Waals surface area (Å²) in [6, 6.07) is 3.34. The number of carbonyl (C=O) groups excluding carboxylic acids is 1. The summed E-state index contributed by atoms with van der Waals surface area (Å²) in [6.45, 7) is 5.74. The smallest absolute Gasteiger partial charge is 0.287 e. The average Bonchev–Trinajstić information content (AvgIpc) is 3.38. The summed E-state index contributed by atoms with van der Waals surface area (Å²) >= 11 is 0. The molecule has 2 aromatic heterocycles. The van der Waals surface area contributed by atoms with Gasteiger partial charge in [-0.1, -0.05) is 0 Å². The molecule has 1 saturated heterocycles. The Bertz CT molecular complexity index is 743. The minimum Gasteiger partial charge on any atom is -0.459 e. The lowest BCUT2D eigenvalue weighted by Gasteiger charge is -2.21. The van der Waals surface area contributed by atoms with Gasteiger partial charge in [0.05, 0.1) is 19.0 Å². The van der Waals surface area contributed by atoms with Gasteiger partial charge in [-0.15, -0.1) is 24.0 Å². The molecule has 2 aromatic rings. The zero-order valence-electron chi connectivity index (χ0n) is 15.7. The lowest BCUT2D eigenvalue weighted by atomic mass is 10.0. The number of hydrogen-bond donors (Lipinski definition) is 2. The normalized spacial score (nSPS) is 16.9. The van der Waals surface area contributed by atoms with Crippen molar-refractivity contribution in [3.8, 4) is 0 Å². The van der Waals surface area contributed by atoms with Crippen molar-refractivity contribution in [2.75, 3.05) is 32.7 Å². The Morgan fingerprint density at radius 2 is 2.30 bits per heavy atom. The van der Waals surface area contributed by atoms with Crippen molar-refractivity contribution < 1.29 is 9.21 Å². The second-order valence-electron chi connectivity index (χ2n) is 6.35. The molecule has 0 saturated carbocycles. The third kappa shape index (κ3) is 5.72. The highest BCUT2D eigenvalue weighted by atomic mass is 127. The van der Waals surface area contributed by atoms with Gasteiger partial charge in [-0.05, 0) is 31.0 Å². The number of aliphatic imine (C=N–C) groups is 1. The molecule has 2 N–H and O–H groups in total. The minimum atomic E-state index is -0.215. The summed E-state index contributed by atoms with van der Waals surface area (Å²) in [5.41, 5.74) is 1.27. The highest BCUT2D eigenvalue weighted by molar-refractivity contribution is 14.0. The quantitative estimate of drug-likeness (QED) is 0.282. The van der Waals surface area contributed by atoms with Crippen LogP contribution in [0.2, 0.25) is 0 Å². The molecule has 0 aromatic carbocycles. The second kappa shape index (κ2) is 10.3. The van der Waals surface area contributed by atoms with E-state index in [-0.39, 0.29) is 29.9 Å². The van der Waals surface area contributed by atoms with E-state index in [1.165, 1.54) is 11.8 Å². The first-order valence-electron chi connectivity index (χ1n) is 9.01. The number of halogens is 1. The summed E-state index contributed by atoms with van der Waals surface area (Å²) < 4.78 is 6.92. The Balaban J connectivity index is 0.00000261. The zero-order chi connectivity index (χ0) is 18.4. The molecule has 1 unspecified atom stereocenters. The molecule has 1 aliphatic rings. The first kappa shape index (κ1) is 21.3. The van der Waals surface area contributed by atoms with Gasteiger partial charge in [0.1, 0.15) is 0 Å². The number of rotatable bonds is 6. The summed E-state index contributed by atoms with van der Waals surface area (Å²) in [6.07, 6.45) is 6.61. The van der Waals surface area contributed by atoms with Crippen LogP contribution >= 0.6 is 24.0 Å². The number of hydrogen-bond acceptors (Lipinski definition) is 4. The number of furan rings is 1.